The molecule has 1 rings (SSSR count). The maximum absolute atomic E-state index is 12.3. The van der Waals surface area contributed by atoms with Gasteiger partial charge in [-0.2, -0.15) is 0 Å². The number of likely N-dealkylation sites (N-methyl/N-ethyl adjacent to an activating group) is 1. The van der Waals surface area contributed by atoms with Gasteiger partial charge in [0.25, 0.3) is 0 Å². The van der Waals surface area contributed by atoms with E-state index in [2.05, 4.69) is 24.1 Å². The van der Waals surface area contributed by atoms with Crippen molar-refractivity contribution in [3.05, 3.63) is 29.8 Å². The van der Waals surface area contributed by atoms with Gasteiger partial charge in [0.1, 0.15) is 4.99 Å². The molecule has 0 spiro atoms. The van der Waals surface area contributed by atoms with Gasteiger partial charge in [0, 0.05) is 17.3 Å². The van der Waals surface area contributed by atoms with E-state index in [-0.39, 0.29) is 11.9 Å². The summed E-state index contributed by atoms with van der Waals surface area (Å²) in [6.07, 6.45) is 2.07. The van der Waals surface area contributed by atoms with Crippen LogP contribution in [0.4, 0.5) is 5.69 Å². The third-order valence-corrected chi connectivity index (χ3v) is 4.18. The van der Waals surface area contributed by atoms with Crippen LogP contribution >= 0.6 is 12.2 Å². The molecule has 1 aromatic carbocycles. The van der Waals surface area contributed by atoms with Crippen LogP contribution in [-0.2, 0) is 4.79 Å². The molecule has 1 atom stereocenters. The zero-order chi connectivity index (χ0) is 16.0. The lowest BCUT2D eigenvalue weighted by Crippen LogP contribution is -2.44. The van der Waals surface area contributed by atoms with Crippen LogP contribution in [0, 0.1) is 0 Å². The van der Waals surface area contributed by atoms with Gasteiger partial charge in [-0.15, -0.1) is 0 Å². The maximum atomic E-state index is 12.3. The average molecular weight is 307 g/mol. The average Bonchev–Trinajstić information content (AvgIpc) is 2.48. The SMILES string of the molecule is CCC(CC)N(C)C(C)C(=O)Nc1ccc(C(N)=S)cc1. The molecule has 0 fully saturated rings. The van der Waals surface area contributed by atoms with Crippen LogP contribution in [0.3, 0.4) is 0 Å². The molecule has 0 aliphatic carbocycles. The Morgan fingerprint density at radius 3 is 2.24 bits per heavy atom. The second-order valence-electron chi connectivity index (χ2n) is 5.24. The Bertz CT molecular complexity index is 483. The first kappa shape index (κ1) is 17.6. The molecule has 21 heavy (non-hydrogen) atoms. The summed E-state index contributed by atoms with van der Waals surface area (Å²) < 4.78 is 0. The summed E-state index contributed by atoms with van der Waals surface area (Å²) in [6, 6.07) is 7.50. The highest BCUT2D eigenvalue weighted by Gasteiger charge is 2.22. The molecular weight excluding hydrogens is 282 g/mol. The number of nitrogens with one attached hydrogen (secondary N) is 1. The van der Waals surface area contributed by atoms with Gasteiger partial charge in [-0.25, -0.2) is 0 Å². The number of hydrogen-bond donors (Lipinski definition) is 2. The summed E-state index contributed by atoms with van der Waals surface area (Å²) in [4.78, 5) is 14.8. The number of hydrogen-bond acceptors (Lipinski definition) is 3. The van der Waals surface area contributed by atoms with Crippen molar-refractivity contribution >= 4 is 28.8 Å². The van der Waals surface area contributed by atoms with Crippen LogP contribution in [0.25, 0.3) is 0 Å². The minimum atomic E-state index is -0.176. The van der Waals surface area contributed by atoms with Gasteiger partial charge < -0.3 is 11.1 Å². The summed E-state index contributed by atoms with van der Waals surface area (Å²) in [7, 11) is 2.00. The largest absolute Gasteiger partial charge is 0.389 e. The molecular formula is C16H25N3OS. The molecule has 0 saturated carbocycles. The molecule has 0 saturated heterocycles. The second-order valence-corrected chi connectivity index (χ2v) is 5.68. The molecule has 0 heterocycles. The van der Waals surface area contributed by atoms with E-state index in [0.717, 1.165) is 24.1 Å². The Hall–Kier alpha value is -1.46. The third kappa shape index (κ3) is 4.79. The highest BCUT2D eigenvalue weighted by molar-refractivity contribution is 7.80. The molecule has 3 N–H and O–H groups in total. The van der Waals surface area contributed by atoms with Crippen LogP contribution in [0.2, 0.25) is 0 Å². The smallest absolute Gasteiger partial charge is 0.241 e. The molecule has 5 heteroatoms. The summed E-state index contributed by atoms with van der Waals surface area (Å²) in [5, 5.41) is 2.93. The van der Waals surface area contributed by atoms with Gasteiger partial charge in [0.15, 0.2) is 0 Å². The first-order valence-electron chi connectivity index (χ1n) is 7.33. The lowest BCUT2D eigenvalue weighted by atomic mass is 10.1. The van der Waals surface area contributed by atoms with Crippen molar-refractivity contribution in [3.63, 3.8) is 0 Å². The summed E-state index contributed by atoms with van der Waals surface area (Å²) in [5.74, 6) is -0.00697. The fraction of sp³-hybridized carbons (Fsp3) is 0.500. The predicted octanol–water partition coefficient (Wildman–Crippen LogP) is 2.77. The molecule has 1 aromatic rings. The van der Waals surface area contributed by atoms with Crippen molar-refractivity contribution in [2.75, 3.05) is 12.4 Å². The molecule has 1 amide bonds. The molecule has 4 nitrogen and oxygen atoms in total. The first-order chi connectivity index (χ1) is 9.90. The number of carbonyl (C=O) groups excluding carboxylic acids is 1. The number of rotatable bonds is 7. The van der Waals surface area contributed by atoms with Gasteiger partial charge >= 0.3 is 0 Å². The Labute approximate surface area is 132 Å². The predicted molar refractivity (Wildman–Crippen MR) is 92.6 cm³/mol. The van der Waals surface area contributed by atoms with Crippen LogP contribution in [0.5, 0.6) is 0 Å². The molecule has 0 bridgehead atoms. The van der Waals surface area contributed by atoms with Gasteiger partial charge in [0.05, 0.1) is 6.04 Å². The Kier molecular flexibility index (Phi) is 6.78. The zero-order valence-corrected chi connectivity index (χ0v) is 14.0. The van der Waals surface area contributed by atoms with Crippen molar-refractivity contribution in [2.45, 2.75) is 45.7 Å². The lowest BCUT2D eigenvalue weighted by molar-refractivity contribution is -0.121. The number of thiocarbonyl (C=S) groups is 1. The van der Waals surface area contributed by atoms with E-state index in [1.807, 2.05) is 38.2 Å². The molecule has 1 unspecified atom stereocenters. The van der Waals surface area contributed by atoms with Crippen LogP contribution < -0.4 is 11.1 Å². The highest BCUT2D eigenvalue weighted by Crippen LogP contribution is 2.14. The quantitative estimate of drug-likeness (QED) is 0.761. The van der Waals surface area contributed by atoms with E-state index in [9.17, 15) is 4.79 Å². The van der Waals surface area contributed by atoms with E-state index < -0.39 is 0 Å². The molecule has 0 aliphatic heterocycles. The lowest BCUT2D eigenvalue weighted by Gasteiger charge is -2.31. The first-order valence-corrected chi connectivity index (χ1v) is 7.74. The molecule has 116 valence electrons. The van der Waals surface area contributed by atoms with Gasteiger partial charge in [-0.3, -0.25) is 9.69 Å². The summed E-state index contributed by atoms with van der Waals surface area (Å²) in [5.41, 5.74) is 7.11. The number of amides is 1. The number of anilines is 1. The van der Waals surface area contributed by atoms with E-state index in [1.54, 1.807) is 0 Å². The van der Waals surface area contributed by atoms with Crippen LogP contribution in [-0.4, -0.2) is 34.9 Å². The summed E-state index contributed by atoms with van der Waals surface area (Å²) >= 11 is 4.91. The Morgan fingerprint density at radius 2 is 1.81 bits per heavy atom. The second kappa shape index (κ2) is 8.10. The van der Waals surface area contributed by atoms with E-state index in [4.69, 9.17) is 18.0 Å². The van der Waals surface area contributed by atoms with E-state index >= 15 is 0 Å². The van der Waals surface area contributed by atoms with Crippen molar-refractivity contribution in [2.24, 2.45) is 5.73 Å². The van der Waals surface area contributed by atoms with Crippen molar-refractivity contribution in [1.29, 1.82) is 0 Å². The van der Waals surface area contributed by atoms with Gasteiger partial charge in [-0.05, 0) is 51.1 Å². The van der Waals surface area contributed by atoms with Gasteiger partial charge in [0.2, 0.25) is 5.91 Å². The topological polar surface area (TPSA) is 58.4 Å². The van der Waals surface area contributed by atoms with Gasteiger partial charge in [-0.1, -0.05) is 26.1 Å². The normalized spacial score (nSPS) is 12.5. The van der Waals surface area contributed by atoms with Crippen LogP contribution in [0.1, 0.15) is 39.2 Å². The van der Waals surface area contributed by atoms with E-state index in [1.165, 1.54) is 0 Å². The summed E-state index contributed by atoms with van der Waals surface area (Å²) in [6.45, 7) is 6.21. The number of benzene rings is 1. The zero-order valence-electron chi connectivity index (χ0n) is 13.2. The standard InChI is InChI=1S/C16H25N3OS/c1-5-14(6-2)19(4)11(3)16(20)18-13-9-7-12(8-10-13)15(17)21/h7-11,14H,5-6H2,1-4H3,(H2,17,21)(H,18,20). The number of nitrogens with two attached hydrogens (primary N) is 1. The molecule has 0 aliphatic rings. The third-order valence-electron chi connectivity index (χ3n) is 3.95. The monoisotopic (exact) mass is 307 g/mol. The van der Waals surface area contributed by atoms with Crippen LogP contribution in [0.15, 0.2) is 24.3 Å². The van der Waals surface area contributed by atoms with Crippen molar-refractivity contribution in [1.82, 2.24) is 4.90 Å². The minimum Gasteiger partial charge on any atom is -0.389 e. The Balaban J connectivity index is 2.69. The fourth-order valence-electron chi connectivity index (χ4n) is 2.33. The van der Waals surface area contributed by atoms with Crippen molar-refractivity contribution < 1.29 is 4.79 Å². The number of nitrogens with zero attached hydrogens (tertiary/aromatic N) is 1. The molecule has 0 radical (unpaired) electrons. The van der Waals surface area contributed by atoms with E-state index in [0.29, 0.717) is 11.0 Å². The molecule has 0 aromatic heterocycles. The number of carbonyl (C=O) groups is 1. The fourth-order valence-corrected chi connectivity index (χ4v) is 2.47. The van der Waals surface area contributed by atoms with Crippen molar-refractivity contribution in [3.8, 4) is 0 Å². The minimum absolute atomic E-state index is 0.00697. The highest BCUT2D eigenvalue weighted by atomic mass is 32.1. The maximum Gasteiger partial charge on any atom is 0.241 e. The Morgan fingerprint density at radius 1 is 1.29 bits per heavy atom.